The number of carbonyl (C=O) groups is 1. The topological polar surface area (TPSA) is 79.8 Å². The molecule has 0 saturated carbocycles. The molecule has 27 heavy (non-hydrogen) atoms. The average molecular weight is 371 g/mol. The van der Waals surface area contributed by atoms with Gasteiger partial charge in [0.25, 0.3) is 0 Å². The molecule has 0 bridgehead atoms. The Morgan fingerprint density at radius 2 is 1.96 bits per heavy atom. The number of hydrogen-bond acceptors (Lipinski definition) is 6. The Hall–Kier alpha value is -2.87. The van der Waals surface area contributed by atoms with Gasteiger partial charge in [-0.1, -0.05) is 12.1 Å². The van der Waals surface area contributed by atoms with Gasteiger partial charge in [-0.05, 0) is 12.1 Å². The van der Waals surface area contributed by atoms with E-state index in [9.17, 15) is 4.79 Å². The van der Waals surface area contributed by atoms with Crippen molar-refractivity contribution < 1.29 is 14.3 Å². The molecule has 2 heterocycles. The quantitative estimate of drug-likeness (QED) is 0.778. The smallest absolute Gasteiger partial charge is 0.317 e. The number of piperazine rings is 1. The number of aromatic nitrogens is 2. The zero-order valence-corrected chi connectivity index (χ0v) is 15.7. The van der Waals surface area contributed by atoms with E-state index in [2.05, 4.69) is 20.2 Å². The second kappa shape index (κ2) is 9.18. The lowest BCUT2D eigenvalue weighted by molar-refractivity contribution is 0.177. The van der Waals surface area contributed by atoms with Gasteiger partial charge < -0.3 is 24.6 Å². The predicted molar refractivity (Wildman–Crippen MR) is 103 cm³/mol. The number of ether oxygens (including phenoxy) is 2. The van der Waals surface area contributed by atoms with Crippen molar-refractivity contribution >= 4 is 11.8 Å². The molecule has 1 saturated heterocycles. The van der Waals surface area contributed by atoms with Crippen molar-refractivity contribution in [2.24, 2.45) is 0 Å². The van der Waals surface area contributed by atoms with Crippen LogP contribution >= 0.6 is 0 Å². The Morgan fingerprint density at radius 3 is 2.70 bits per heavy atom. The molecule has 8 nitrogen and oxygen atoms in total. The monoisotopic (exact) mass is 371 g/mol. The Kier molecular flexibility index (Phi) is 6.43. The molecule has 0 atom stereocenters. The second-order valence-electron chi connectivity index (χ2n) is 6.19. The van der Waals surface area contributed by atoms with Crippen molar-refractivity contribution in [3.63, 3.8) is 0 Å². The van der Waals surface area contributed by atoms with Gasteiger partial charge in [-0.25, -0.2) is 14.8 Å². The number of nitrogens with one attached hydrogen (secondary N) is 1. The maximum Gasteiger partial charge on any atom is 0.317 e. The first kappa shape index (κ1) is 18.9. The number of methoxy groups -OCH3 is 2. The van der Waals surface area contributed by atoms with E-state index in [1.54, 1.807) is 20.5 Å². The van der Waals surface area contributed by atoms with Crippen molar-refractivity contribution in [3.05, 3.63) is 36.7 Å². The Morgan fingerprint density at radius 1 is 1.15 bits per heavy atom. The fourth-order valence-electron chi connectivity index (χ4n) is 2.97. The summed E-state index contributed by atoms with van der Waals surface area (Å²) in [4.78, 5) is 24.9. The van der Waals surface area contributed by atoms with Gasteiger partial charge in [-0.15, -0.1) is 0 Å². The van der Waals surface area contributed by atoms with Gasteiger partial charge in [0.1, 0.15) is 17.9 Å². The third-order valence-corrected chi connectivity index (χ3v) is 4.49. The maximum absolute atomic E-state index is 12.1. The highest BCUT2D eigenvalue weighted by Crippen LogP contribution is 2.24. The summed E-state index contributed by atoms with van der Waals surface area (Å²) >= 11 is 0. The number of hydrogen-bond donors (Lipinski definition) is 1. The summed E-state index contributed by atoms with van der Waals surface area (Å²) in [6.07, 6.45) is 1.58. The third kappa shape index (κ3) is 4.85. The minimum atomic E-state index is -0.0496. The van der Waals surface area contributed by atoms with Crippen LogP contribution in [0.2, 0.25) is 0 Å². The van der Waals surface area contributed by atoms with Gasteiger partial charge in [0.15, 0.2) is 0 Å². The molecule has 2 aromatic rings. The van der Waals surface area contributed by atoms with Crippen LogP contribution in [-0.2, 0) is 4.74 Å². The number of anilines is 1. The van der Waals surface area contributed by atoms with Crippen LogP contribution in [0.5, 0.6) is 5.75 Å². The molecule has 1 aromatic heterocycles. The van der Waals surface area contributed by atoms with Gasteiger partial charge in [0.05, 0.1) is 19.4 Å². The lowest BCUT2D eigenvalue weighted by Gasteiger charge is -2.35. The lowest BCUT2D eigenvalue weighted by Crippen LogP contribution is -2.52. The fraction of sp³-hybridized carbons (Fsp3) is 0.421. The second-order valence-corrected chi connectivity index (χ2v) is 6.19. The van der Waals surface area contributed by atoms with Gasteiger partial charge in [0, 0.05) is 51.5 Å². The predicted octanol–water partition coefficient (Wildman–Crippen LogP) is 1.63. The van der Waals surface area contributed by atoms with Crippen molar-refractivity contribution in [1.29, 1.82) is 0 Å². The summed E-state index contributed by atoms with van der Waals surface area (Å²) in [5.74, 6) is 1.66. The van der Waals surface area contributed by atoms with Gasteiger partial charge >= 0.3 is 6.03 Å². The highest BCUT2D eigenvalue weighted by Gasteiger charge is 2.22. The first-order valence-electron chi connectivity index (χ1n) is 8.94. The number of urea groups is 1. The summed E-state index contributed by atoms with van der Waals surface area (Å²) < 4.78 is 10.2. The molecule has 1 aromatic carbocycles. The summed E-state index contributed by atoms with van der Waals surface area (Å²) in [6, 6.07) is 9.72. The molecule has 0 unspecified atom stereocenters. The molecular formula is C19H25N5O3. The molecule has 8 heteroatoms. The molecule has 0 radical (unpaired) electrons. The highest BCUT2D eigenvalue weighted by molar-refractivity contribution is 5.74. The number of carbonyl (C=O) groups excluding carboxylic acids is 1. The van der Waals surface area contributed by atoms with E-state index in [0.29, 0.717) is 26.2 Å². The first-order valence-corrected chi connectivity index (χ1v) is 8.94. The van der Waals surface area contributed by atoms with Crippen molar-refractivity contribution in [1.82, 2.24) is 20.2 Å². The summed E-state index contributed by atoms with van der Waals surface area (Å²) in [5, 5.41) is 2.86. The van der Waals surface area contributed by atoms with E-state index < -0.39 is 0 Å². The van der Waals surface area contributed by atoms with E-state index in [1.807, 2.05) is 35.2 Å². The minimum absolute atomic E-state index is 0.0496. The first-order chi connectivity index (χ1) is 13.2. The van der Waals surface area contributed by atoms with Crippen molar-refractivity contribution in [2.45, 2.75) is 0 Å². The Bertz CT molecular complexity index is 763. The maximum atomic E-state index is 12.1. The average Bonchev–Trinajstić information content (AvgIpc) is 2.74. The van der Waals surface area contributed by atoms with Crippen LogP contribution in [0.15, 0.2) is 36.7 Å². The normalized spacial score (nSPS) is 14.1. The number of amides is 2. The van der Waals surface area contributed by atoms with E-state index in [-0.39, 0.29) is 6.03 Å². The fourth-order valence-corrected chi connectivity index (χ4v) is 2.97. The van der Waals surface area contributed by atoms with Crippen LogP contribution in [0.3, 0.4) is 0 Å². The number of rotatable bonds is 6. The Labute approximate surface area is 159 Å². The SMILES string of the molecule is COCCNC(=O)N1CCN(c2cc(-c3cccc(OC)c3)ncn2)CC1. The molecular weight excluding hydrogens is 346 g/mol. The van der Waals surface area contributed by atoms with Gasteiger partial charge in [-0.2, -0.15) is 0 Å². The molecule has 1 aliphatic rings. The third-order valence-electron chi connectivity index (χ3n) is 4.49. The molecule has 1 aliphatic heterocycles. The molecule has 1 fully saturated rings. The molecule has 144 valence electrons. The summed E-state index contributed by atoms with van der Waals surface area (Å²) in [6.45, 7) is 3.79. The van der Waals surface area contributed by atoms with Crippen LogP contribution in [-0.4, -0.2) is 74.4 Å². The zero-order chi connectivity index (χ0) is 19.1. The summed E-state index contributed by atoms with van der Waals surface area (Å²) in [5.41, 5.74) is 1.83. The van der Waals surface area contributed by atoms with E-state index in [0.717, 1.165) is 35.9 Å². The number of nitrogens with zero attached hydrogens (tertiary/aromatic N) is 4. The van der Waals surface area contributed by atoms with Crippen LogP contribution in [0.1, 0.15) is 0 Å². The van der Waals surface area contributed by atoms with Gasteiger partial charge in [-0.3, -0.25) is 0 Å². The molecule has 0 spiro atoms. The highest BCUT2D eigenvalue weighted by atomic mass is 16.5. The van der Waals surface area contributed by atoms with Crippen LogP contribution < -0.4 is 15.0 Å². The minimum Gasteiger partial charge on any atom is -0.497 e. The van der Waals surface area contributed by atoms with E-state index in [4.69, 9.17) is 9.47 Å². The van der Waals surface area contributed by atoms with Crippen LogP contribution in [0.4, 0.5) is 10.6 Å². The zero-order valence-electron chi connectivity index (χ0n) is 15.7. The molecule has 2 amide bonds. The molecule has 3 rings (SSSR count). The largest absolute Gasteiger partial charge is 0.497 e. The van der Waals surface area contributed by atoms with Crippen molar-refractivity contribution in [3.8, 4) is 17.0 Å². The lowest BCUT2D eigenvalue weighted by atomic mass is 10.1. The van der Waals surface area contributed by atoms with E-state index >= 15 is 0 Å². The Balaban J connectivity index is 1.62. The summed E-state index contributed by atoms with van der Waals surface area (Å²) in [7, 11) is 3.27. The number of benzene rings is 1. The van der Waals surface area contributed by atoms with Crippen LogP contribution in [0, 0.1) is 0 Å². The van der Waals surface area contributed by atoms with Crippen LogP contribution in [0.25, 0.3) is 11.3 Å². The molecule has 1 N–H and O–H groups in total. The van der Waals surface area contributed by atoms with Crippen molar-refractivity contribution in [2.75, 3.05) is 58.5 Å². The molecule has 0 aliphatic carbocycles. The van der Waals surface area contributed by atoms with Gasteiger partial charge in [0.2, 0.25) is 0 Å². The van der Waals surface area contributed by atoms with E-state index in [1.165, 1.54) is 0 Å². The standard InChI is InChI=1S/C19H25N5O3/c1-26-11-6-20-19(25)24-9-7-23(8-10-24)18-13-17(21-14-22-18)15-4-3-5-16(12-15)27-2/h3-5,12-14H,6-11H2,1-2H3,(H,20,25).